The smallest absolute Gasteiger partial charge is 0.307 e. The number of esters is 1. The molecule has 17 heavy (non-hydrogen) atoms. The van der Waals surface area contributed by atoms with E-state index < -0.39 is 5.60 Å². The van der Waals surface area contributed by atoms with E-state index in [1.54, 1.807) is 7.11 Å². The zero-order valence-electron chi connectivity index (χ0n) is 11.5. The topological polar surface area (TPSA) is 50.8 Å². The van der Waals surface area contributed by atoms with Crippen molar-refractivity contribution in [2.75, 3.05) is 40.9 Å². The Bertz CT molecular complexity index is 281. The Morgan fingerprint density at radius 3 is 2.59 bits per heavy atom. The first-order valence-corrected chi connectivity index (χ1v) is 5.93. The molecule has 1 heterocycles. The zero-order chi connectivity index (χ0) is 13.1. The maximum absolute atomic E-state index is 11.7. The fraction of sp³-hybridized carbons (Fsp3) is 0.917. The van der Waals surface area contributed by atoms with Crippen molar-refractivity contribution in [2.45, 2.75) is 31.4 Å². The van der Waals surface area contributed by atoms with Gasteiger partial charge in [0, 0.05) is 26.7 Å². The van der Waals surface area contributed by atoms with E-state index in [2.05, 4.69) is 10.2 Å². The fourth-order valence-electron chi connectivity index (χ4n) is 2.47. The van der Waals surface area contributed by atoms with Crippen molar-refractivity contribution in [1.29, 1.82) is 0 Å². The first-order valence-electron chi connectivity index (χ1n) is 5.93. The summed E-state index contributed by atoms with van der Waals surface area (Å²) < 4.78 is 10.4. The number of carbonyl (C=O) groups is 1. The molecule has 1 atom stereocenters. The van der Waals surface area contributed by atoms with E-state index in [1.165, 1.54) is 7.11 Å². The third-order valence-corrected chi connectivity index (χ3v) is 4.07. The predicted molar refractivity (Wildman–Crippen MR) is 66.0 cm³/mol. The normalized spacial score (nSPS) is 26.9. The average molecular weight is 244 g/mol. The van der Waals surface area contributed by atoms with Gasteiger partial charge in [-0.1, -0.05) is 0 Å². The van der Waals surface area contributed by atoms with Crippen molar-refractivity contribution in [1.82, 2.24) is 10.2 Å². The quantitative estimate of drug-likeness (QED) is 0.718. The molecule has 0 saturated carbocycles. The molecule has 1 saturated heterocycles. The van der Waals surface area contributed by atoms with Crippen LogP contribution in [-0.2, 0) is 14.3 Å². The molecule has 1 unspecified atom stereocenters. The second-order valence-corrected chi connectivity index (χ2v) is 5.10. The molecular weight excluding hydrogens is 220 g/mol. The summed E-state index contributed by atoms with van der Waals surface area (Å²) in [6, 6.07) is 0. The number of nitrogens with one attached hydrogen (secondary N) is 1. The first kappa shape index (κ1) is 14.4. The van der Waals surface area contributed by atoms with Crippen LogP contribution in [0.2, 0.25) is 0 Å². The average Bonchev–Trinajstić information content (AvgIpc) is 2.31. The Kier molecular flexibility index (Phi) is 4.52. The second-order valence-electron chi connectivity index (χ2n) is 5.10. The molecule has 1 aliphatic rings. The predicted octanol–water partition coefficient (Wildman–Crippen LogP) is 0.248. The summed E-state index contributed by atoms with van der Waals surface area (Å²) in [7, 11) is 5.14. The molecular formula is C12H24N2O3. The van der Waals surface area contributed by atoms with Gasteiger partial charge in [0.2, 0.25) is 0 Å². The summed E-state index contributed by atoms with van der Waals surface area (Å²) in [5.41, 5.74) is -0.795. The molecule has 0 amide bonds. The van der Waals surface area contributed by atoms with Gasteiger partial charge < -0.3 is 14.8 Å². The van der Waals surface area contributed by atoms with Crippen LogP contribution < -0.4 is 5.32 Å². The summed E-state index contributed by atoms with van der Waals surface area (Å²) in [4.78, 5) is 13.9. The summed E-state index contributed by atoms with van der Waals surface area (Å²) in [6.45, 7) is 6.57. The lowest BCUT2D eigenvalue weighted by molar-refractivity contribution is -0.157. The van der Waals surface area contributed by atoms with E-state index >= 15 is 0 Å². The van der Waals surface area contributed by atoms with Gasteiger partial charge in [-0.05, 0) is 20.9 Å². The van der Waals surface area contributed by atoms with Crippen molar-refractivity contribution >= 4 is 5.97 Å². The maximum Gasteiger partial charge on any atom is 0.307 e. The van der Waals surface area contributed by atoms with Gasteiger partial charge in [0.15, 0.2) is 0 Å². The van der Waals surface area contributed by atoms with Gasteiger partial charge in [-0.2, -0.15) is 0 Å². The number of piperazine rings is 1. The number of nitrogens with zero attached hydrogens (tertiary/aromatic N) is 1. The van der Waals surface area contributed by atoms with Gasteiger partial charge >= 0.3 is 5.97 Å². The fourth-order valence-corrected chi connectivity index (χ4v) is 2.47. The van der Waals surface area contributed by atoms with Gasteiger partial charge in [-0.3, -0.25) is 9.69 Å². The van der Waals surface area contributed by atoms with Gasteiger partial charge in [-0.15, -0.1) is 0 Å². The summed E-state index contributed by atoms with van der Waals surface area (Å²) >= 11 is 0. The molecule has 100 valence electrons. The van der Waals surface area contributed by atoms with Crippen LogP contribution in [0.5, 0.6) is 0 Å². The Hall–Kier alpha value is -0.650. The molecule has 1 N–H and O–H groups in total. The van der Waals surface area contributed by atoms with Crippen molar-refractivity contribution in [3.05, 3.63) is 0 Å². The number of rotatable bonds is 4. The van der Waals surface area contributed by atoms with Crippen LogP contribution in [0, 0.1) is 0 Å². The van der Waals surface area contributed by atoms with Crippen molar-refractivity contribution in [3.8, 4) is 0 Å². The SMILES string of the molecule is COC(=O)CC1(C(C)(C)OC)CNCCN1C. The van der Waals surface area contributed by atoms with Crippen LogP contribution in [0.3, 0.4) is 0 Å². The lowest BCUT2D eigenvalue weighted by Crippen LogP contribution is -2.70. The minimum Gasteiger partial charge on any atom is -0.469 e. The molecule has 0 spiro atoms. The molecule has 0 aromatic carbocycles. The van der Waals surface area contributed by atoms with E-state index in [4.69, 9.17) is 9.47 Å². The molecule has 0 aromatic heterocycles. The molecule has 0 aliphatic carbocycles. The monoisotopic (exact) mass is 244 g/mol. The highest BCUT2D eigenvalue weighted by Gasteiger charge is 2.51. The second kappa shape index (κ2) is 5.33. The Balaban J connectivity index is 3.02. The van der Waals surface area contributed by atoms with Crippen LogP contribution in [0.25, 0.3) is 0 Å². The van der Waals surface area contributed by atoms with Gasteiger partial charge in [0.25, 0.3) is 0 Å². The highest BCUT2D eigenvalue weighted by molar-refractivity contribution is 5.71. The number of hydrogen-bond acceptors (Lipinski definition) is 5. The first-order chi connectivity index (χ1) is 7.89. The van der Waals surface area contributed by atoms with Crippen molar-refractivity contribution in [2.24, 2.45) is 0 Å². The Morgan fingerprint density at radius 1 is 1.47 bits per heavy atom. The number of likely N-dealkylation sites (N-methyl/N-ethyl adjacent to an activating group) is 1. The zero-order valence-corrected chi connectivity index (χ0v) is 11.5. The van der Waals surface area contributed by atoms with Crippen LogP contribution in [-0.4, -0.2) is 62.9 Å². The minimum absolute atomic E-state index is 0.203. The lowest BCUT2D eigenvalue weighted by atomic mass is 9.76. The standard InChI is InChI=1S/C12H24N2O3/c1-11(2,17-5)12(8-10(15)16-4)9-13-6-7-14(12)3/h13H,6-9H2,1-5H3. The summed E-state index contributed by atoms with van der Waals surface area (Å²) in [5.74, 6) is -0.203. The van der Waals surface area contributed by atoms with Crippen LogP contribution in [0.15, 0.2) is 0 Å². The van der Waals surface area contributed by atoms with Crippen LogP contribution >= 0.6 is 0 Å². The van der Waals surface area contributed by atoms with E-state index in [0.717, 1.165) is 19.6 Å². The molecule has 1 fully saturated rings. The Morgan fingerprint density at radius 2 is 2.12 bits per heavy atom. The largest absolute Gasteiger partial charge is 0.469 e. The molecule has 0 bridgehead atoms. The third kappa shape index (κ3) is 2.61. The van der Waals surface area contributed by atoms with Gasteiger partial charge in [-0.25, -0.2) is 0 Å². The van der Waals surface area contributed by atoms with E-state index in [1.807, 2.05) is 20.9 Å². The minimum atomic E-state index is -0.427. The summed E-state index contributed by atoms with van der Waals surface area (Å²) in [6.07, 6.45) is 0.327. The van der Waals surface area contributed by atoms with Crippen LogP contribution in [0.1, 0.15) is 20.3 Å². The molecule has 5 heteroatoms. The Labute approximate surface area is 103 Å². The van der Waals surface area contributed by atoms with Gasteiger partial charge in [0.1, 0.15) is 0 Å². The highest BCUT2D eigenvalue weighted by Crippen LogP contribution is 2.35. The maximum atomic E-state index is 11.7. The van der Waals surface area contributed by atoms with Crippen molar-refractivity contribution < 1.29 is 14.3 Å². The lowest BCUT2D eigenvalue weighted by Gasteiger charge is -2.53. The molecule has 1 rings (SSSR count). The molecule has 1 aliphatic heterocycles. The number of hydrogen-bond donors (Lipinski definition) is 1. The number of methoxy groups -OCH3 is 2. The van der Waals surface area contributed by atoms with Crippen molar-refractivity contribution in [3.63, 3.8) is 0 Å². The number of ether oxygens (including phenoxy) is 2. The molecule has 0 radical (unpaired) electrons. The molecule has 5 nitrogen and oxygen atoms in total. The molecule has 0 aromatic rings. The van der Waals surface area contributed by atoms with Gasteiger partial charge in [0.05, 0.1) is 24.7 Å². The van der Waals surface area contributed by atoms with E-state index in [-0.39, 0.29) is 11.5 Å². The highest BCUT2D eigenvalue weighted by atomic mass is 16.5. The summed E-state index contributed by atoms with van der Waals surface area (Å²) in [5, 5.41) is 3.35. The van der Waals surface area contributed by atoms with E-state index in [9.17, 15) is 4.79 Å². The third-order valence-electron chi connectivity index (χ3n) is 4.07. The van der Waals surface area contributed by atoms with E-state index in [0.29, 0.717) is 6.42 Å². The van der Waals surface area contributed by atoms with Crippen LogP contribution in [0.4, 0.5) is 0 Å². The number of carbonyl (C=O) groups excluding carboxylic acids is 1.